The lowest BCUT2D eigenvalue weighted by Gasteiger charge is -2.36. The van der Waals surface area contributed by atoms with Crippen molar-refractivity contribution in [2.24, 2.45) is 5.92 Å². The summed E-state index contributed by atoms with van der Waals surface area (Å²) < 4.78 is 5.78. The van der Waals surface area contributed by atoms with Gasteiger partial charge in [-0.1, -0.05) is 19.3 Å². The Kier molecular flexibility index (Phi) is 5.64. The topological polar surface area (TPSA) is 32.8 Å². The molecule has 1 aliphatic heterocycles. The zero-order valence-electron chi connectivity index (χ0n) is 12.4. The van der Waals surface area contributed by atoms with Gasteiger partial charge in [-0.05, 0) is 33.4 Å². The molecule has 1 saturated carbocycles. The molecule has 4 heteroatoms. The molecule has 1 atom stereocenters. The van der Waals surface area contributed by atoms with Crippen molar-refractivity contribution in [3.05, 3.63) is 0 Å². The maximum Gasteiger partial charge on any atom is 0.225 e. The summed E-state index contributed by atoms with van der Waals surface area (Å²) in [6, 6.07) is 0. The van der Waals surface area contributed by atoms with Crippen LogP contribution in [-0.2, 0) is 9.53 Å². The zero-order chi connectivity index (χ0) is 13.7. The minimum atomic E-state index is 0.226. The minimum absolute atomic E-state index is 0.226. The third-order valence-electron chi connectivity index (χ3n) is 4.30. The molecule has 19 heavy (non-hydrogen) atoms. The summed E-state index contributed by atoms with van der Waals surface area (Å²) in [5.74, 6) is 0.680. The van der Waals surface area contributed by atoms with Crippen LogP contribution >= 0.6 is 0 Å². The number of hydrogen-bond donors (Lipinski definition) is 0. The minimum Gasteiger partial charge on any atom is -0.374 e. The fourth-order valence-electron chi connectivity index (χ4n) is 3.10. The lowest BCUT2D eigenvalue weighted by molar-refractivity contribution is -0.144. The lowest BCUT2D eigenvalue weighted by atomic mass is 9.88. The second-order valence-electron chi connectivity index (χ2n) is 6.20. The average molecular weight is 268 g/mol. The standard InChI is InChI=1S/C15H28N2O2/c1-16(2)9-8-14-12-17(10-11-19-14)15(18)13-6-4-3-5-7-13/h13-14H,3-12H2,1-2H3. The fourth-order valence-corrected chi connectivity index (χ4v) is 3.10. The second kappa shape index (κ2) is 7.25. The van der Waals surface area contributed by atoms with Gasteiger partial charge in [-0.15, -0.1) is 0 Å². The SMILES string of the molecule is CN(C)CCC1CN(C(=O)C2CCCCC2)CCO1. The van der Waals surface area contributed by atoms with Gasteiger partial charge in [-0.25, -0.2) is 0 Å². The van der Waals surface area contributed by atoms with Gasteiger partial charge in [0, 0.05) is 25.6 Å². The van der Waals surface area contributed by atoms with Gasteiger partial charge in [0.2, 0.25) is 5.91 Å². The van der Waals surface area contributed by atoms with Gasteiger partial charge in [-0.2, -0.15) is 0 Å². The molecule has 0 aromatic carbocycles. The highest BCUT2D eigenvalue weighted by atomic mass is 16.5. The first-order valence-electron chi connectivity index (χ1n) is 7.72. The molecule has 0 aromatic heterocycles. The van der Waals surface area contributed by atoms with Crippen LogP contribution < -0.4 is 0 Å². The van der Waals surface area contributed by atoms with Crippen LogP contribution in [0.5, 0.6) is 0 Å². The molecule has 0 radical (unpaired) electrons. The lowest BCUT2D eigenvalue weighted by Crippen LogP contribution is -2.48. The zero-order valence-corrected chi connectivity index (χ0v) is 12.4. The maximum atomic E-state index is 12.5. The highest BCUT2D eigenvalue weighted by molar-refractivity contribution is 5.79. The number of ether oxygens (including phenoxy) is 1. The highest BCUT2D eigenvalue weighted by Gasteiger charge is 2.29. The third-order valence-corrected chi connectivity index (χ3v) is 4.30. The van der Waals surface area contributed by atoms with Crippen molar-refractivity contribution in [3.8, 4) is 0 Å². The summed E-state index contributed by atoms with van der Waals surface area (Å²) in [7, 11) is 4.15. The van der Waals surface area contributed by atoms with Crippen molar-refractivity contribution >= 4 is 5.91 Å². The van der Waals surface area contributed by atoms with Crippen molar-refractivity contribution in [1.82, 2.24) is 9.80 Å². The first kappa shape index (κ1) is 14.8. The van der Waals surface area contributed by atoms with E-state index in [1.165, 1.54) is 19.3 Å². The molecular weight excluding hydrogens is 240 g/mol. The number of carbonyl (C=O) groups is 1. The summed E-state index contributed by atoms with van der Waals surface area (Å²) in [4.78, 5) is 16.7. The molecule has 110 valence electrons. The van der Waals surface area contributed by atoms with E-state index in [1.807, 2.05) is 0 Å². The van der Waals surface area contributed by atoms with Gasteiger partial charge in [-0.3, -0.25) is 4.79 Å². The van der Waals surface area contributed by atoms with Crippen molar-refractivity contribution in [2.75, 3.05) is 40.3 Å². The van der Waals surface area contributed by atoms with Crippen LogP contribution in [0.15, 0.2) is 0 Å². The van der Waals surface area contributed by atoms with Crippen LogP contribution in [0, 0.1) is 5.92 Å². The van der Waals surface area contributed by atoms with E-state index < -0.39 is 0 Å². The van der Waals surface area contributed by atoms with E-state index in [9.17, 15) is 4.79 Å². The van der Waals surface area contributed by atoms with E-state index in [2.05, 4.69) is 23.9 Å². The average Bonchev–Trinajstić information content (AvgIpc) is 2.45. The van der Waals surface area contributed by atoms with Crippen molar-refractivity contribution < 1.29 is 9.53 Å². The van der Waals surface area contributed by atoms with Crippen LogP contribution in [0.4, 0.5) is 0 Å². The van der Waals surface area contributed by atoms with E-state index in [-0.39, 0.29) is 6.10 Å². The molecular formula is C15H28N2O2. The molecule has 0 spiro atoms. The molecule has 1 unspecified atom stereocenters. The Hall–Kier alpha value is -0.610. The van der Waals surface area contributed by atoms with E-state index in [4.69, 9.17) is 4.74 Å². The molecule has 1 amide bonds. The highest BCUT2D eigenvalue weighted by Crippen LogP contribution is 2.26. The fraction of sp³-hybridized carbons (Fsp3) is 0.933. The summed E-state index contributed by atoms with van der Waals surface area (Å²) in [5, 5.41) is 0. The van der Waals surface area contributed by atoms with Crippen molar-refractivity contribution in [3.63, 3.8) is 0 Å². The predicted molar refractivity (Wildman–Crippen MR) is 76.1 cm³/mol. The van der Waals surface area contributed by atoms with Crippen LogP contribution in [0.1, 0.15) is 38.5 Å². The number of carbonyl (C=O) groups excluding carboxylic acids is 1. The van der Waals surface area contributed by atoms with Crippen LogP contribution in [0.3, 0.4) is 0 Å². The number of amides is 1. The largest absolute Gasteiger partial charge is 0.374 e. The second-order valence-corrected chi connectivity index (χ2v) is 6.20. The first-order valence-corrected chi connectivity index (χ1v) is 7.72. The van der Waals surface area contributed by atoms with Gasteiger partial charge in [0.1, 0.15) is 0 Å². The molecule has 2 fully saturated rings. The summed E-state index contributed by atoms with van der Waals surface area (Å²) >= 11 is 0. The molecule has 1 aliphatic carbocycles. The van der Waals surface area contributed by atoms with Crippen LogP contribution in [0.2, 0.25) is 0 Å². The molecule has 0 bridgehead atoms. The molecule has 2 aliphatic rings. The molecule has 2 rings (SSSR count). The number of nitrogens with zero attached hydrogens (tertiary/aromatic N) is 2. The van der Waals surface area contributed by atoms with E-state index in [0.29, 0.717) is 18.4 Å². The van der Waals surface area contributed by atoms with Gasteiger partial charge in [0.25, 0.3) is 0 Å². The van der Waals surface area contributed by atoms with E-state index in [1.54, 1.807) is 0 Å². The van der Waals surface area contributed by atoms with Gasteiger partial charge in [0.15, 0.2) is 0 Å². The monoisotopic (exact) mass is 268 g/mol. The normalized spacial score (nSPS) is 25.8. The Labute approximate surface area is 117 Å². The molecule has 0 aromatic rings. The number of hydrogen-bond acceptors (Lipinski definition) is 3. The molecule has 1 saturated heterocycles. The predicted octanol–water partition coefficient (Wildman–Crippen LogP) is 1.75. The maximum absolute atomic E-state index is 12.5. The Bertz CT molecular complexity index is 288. The Balaban J connectivity index is 1.80. The smallest absolute Gasteiger partial charge is 0.225 e. The summed E-state index contributed by atoms with van der Waals surface area (Å²) in [6.07, 6.45) is 7.19. The first-order chi connectivity index (χ1) is 9.16. The van der Waals surface area contributed by atoms with Crippen molar-refractivity contribution in [2.45, 2.75) is 44.6 Å². The van der Waals surface area contributed by atoms with E-state index in [0.717, 1.165) is 38.9 Å². The van der Waals surface area contributed by atoms with Crippen LogP contribution in [-0.4, -0.2) is 62.1 Å². The summed E-state index contributed by atoms with van der Waals surface area (Å²) in [6.45, 7) is 3.31. The van der Waals surface area contributed by atoms with Gasteiger partial charge in [0.05, 0.1) is 12.7 Å². The number of rotatable bonds is 4. The molecule has 1 heterocycles. The Morgan fingerprint density at radius 1 is 1.26 bits per heavy atom. The van der Waals surface area contributed by atoms with Gasteiger partial charge < -0.3 is 14.5 Å². The molecule has 0 N–H and O–H groups in total. The summed E-state index contributed by atoms with van der Waals surface area (Å²) in [5.41, 5.74) is 0. The number of morpholine rings is 1. The van der Waals surface area contributed by atoms with Gasteiger partial charge >= 0.3 is 0 Å². The Morgan fingerprint density at radius 2 is 2.00 bits per heavy atom. The van der Waals surface area contributed by atoms with E-state index >= 15 is 0 Å². The third kappa shape index (κ3) is 4.46. The molecule has 4 nitrogen and oxygen atoms in total. The quantitative estimate of drug-likeness (QED) is 0.778. The Morgan fingerprint density at radius 3 is 2.68 bits per heavy atom. The van der Waals surface area contributed by atoms with Crippen molar-refractivity contribution in [1.29, 1.82) is 0 Å². The van der Waals surface area contributed by atoms with Crippen LogP contribution in [0.25, 0.3) is 0 Å².